The molecule has 1 heterocycles. The Balaban J connectivity index is 2.59. The van der Waals surface area contributed by atoms with Gasteiger partial charge in [0.05, 0.1) is 12.3 Å². The van der Waals surface area contributed by atoms with Gasteiger partial charge in [0.25, 0.3) is 0 Å². The van der Waals surface area contributed by atoms with Gasteiger partial charge in [-0.1, -0.05) is 0 Å². The van der Waals surface area contributed by atoms with Gasteiger partial charge in [0.2, 0.25) is 0 Å². The van der Waals surface area contributed by atoms with Gasteiger partial charge in [-0.25, -0.2) is 0 Å². The monoisotopic (exact) mass is 238 g/mol. The van der Waals surface area contributed by atoms with Gasteiger partial charge in [-0.15, -0.1) is 11.8 Å². The molecule has 0 saturated carbocycles. The number of hydrogen-bond donors (Lipinski definition) is 1. The van der Waals surface area contributed by atoms with Gasteiger partial charge in [0.15, 0.2) is 0 Å². The molecule has 88 valence electrons. The molecule has 0 amide bonds. The van der Waals surface area contributed by atoms with Crippen molar-refractivity contribution in [2.45, 2.75) is 44.2 Å². The van der Waals surface area contributed by atoms with Gasteiger partial charge in [0.1, 0.15) is 11.3 Å². The van der Waals surface area contributed by atoms with E-state index in [0.717, 1.165) is 10.7 Å². The first-order valence-electron chi connectivity index (χ1n) is 5.33. The van der Waals surface area contributed by atoms with Crippen molar-refractivity contribution in [2.24, 2.45) is 0 Å². The van der Waals surface area contributed by atoms with E-state index < -0.39 is 5.54 Å². The Morgan fingerprint density at radius 1 is 1.62 bits per heavy atom. The van der Waals surface area contributed by atoms with Crippen LogP contribution >= 0.6 is 11.8 Å². The molecule has 1 atom stereocenters. The Morgan fingerprint density at radius 2 is 2.31 bits per heavy atom. The van der Waals surface area contributed by atoms with Crippen LogP contribution in [0.25, 0.3) is 0 Å². The fourth-order valence-corrected chi connectivity index (χ4v) is 2.48. The minimum atomic E-state index is -0.497. The van der Waals surface area contributed by atoms with Crippen molar-refractivity contribution in [2.75, 3.05) is 5.75 Å². The summed E-state index contributed by atoms with van der Waals surface area (Å²) in [4.78, 5) is 1.10. The molecule has 0 aromatic carbocycles. The molecular formula is C12H18N2OS. The van der Waals surface area contributed by atoms with Crippen LogP contribution in [0.3, 0.4) is 0 Å². The lowest BCUT2D eigenvalue weighted by molar-refractivity contribution is 0.443. The van der Waals surface area contributed by atoms with Gasteiger partial charge in [0, 0.05) is 16.7 Å². The Bertz CT molecular complexity index is 381. The SMILES string of the molecule is Cc1occc1SCC(C)(C#N)NC(C)C. The van der Waals surface area contributed by atoms with Crippen molar-refractivity contribution in [3.8, 4) is 6.07 Å². The van der Waals surface area contributed by atoms with Crippen LogP contribution in [0.5, 0.6) is 0 Å². The molecule has 0 aliphatic rings. The standard InChI is InChI=1S/C12H18N2OS/c1-9(2)14-12(4,7-13)8-16-11-5-6-15-10(11)3/h5-6,9,14H,8H2,1-4H3. The molecule has 4 heteroatoms. The minimum Gasteiger partial charge on any atom is -0.468 e. The van der Waals surface area contributed by atoms with Gasteiger partial charge >= 0.3 is 0 Å². The molecule has 1 aromatic rings. The number of rotatable bonds is 5. The van der Waals surface area contributed by atoms with Crippen LogP contribution in [0.4, 0.5) is 0 Å². The van der Waals surface area contributed by atoms with Crippen LogP contribution in [0.15, 0.2) is 21.6 Å². The number of nitrogens with zero attached hydrogens (tertiary/aromatic N) is 1. The lowest BCUT2D eigenvalue weighted by Crippen LogP contribution is -2.47. The van der Waals surface area contributed by atoms with Crippen molar-refractivity contribution < 1.29 is 4.42 Å². The second-order valence-corrected chi connectivity index (χ2v) is 5.39. The first-order chi connectivity index (χ1) is 7.47. The Hall–Kier alpha value is -0.920. The van der Waals surface area contributed by atoms with Crippen molar-refractivity contribution in [3.05, 3.63) is 18.1 Å². The van der Waals surface area contributed by atoms with E-state index in [1.54, 1.807) is 18.0 Å². The van der Waals surface area contributed by atoms with Crippen LogP contribution in [0, 0.1) is 18.3 Å². The Kier molecular flexibility index (Phi) is 4.45. The average Bonchev–Trinajstić information content (AvgIpc) is 2.60. The zero-order chi connectivity index (χ0) is 12.2. The number of nitriles is 1. The van der Waals surface area contributed by atoms with Crippen molar-refractivity contribution in [3.63, 3.8) is 0 Å². The first kappa shape index (κ1) is 13.1. The number of nitrogens with one attached hydrogen (secondary N) is 1. The topological polar surface area (TPSA) is 49.0 Å². The summed E-state index contributed by atoms with van der Waals surface area (Å²) in [5.74, 6) is 1.62. The first-order valence-corrected chi connectivity index (χ1v) is 6.31. The van der Waals surface area contributed by atoms with Gasteiger partial charge in [-0.3, -0.25) is 5.32 Å². The Morgan fingerprint density at radius 3 is 2.75 bits per heavy atom. The van der Waals surface area contributed by atoms with E-state index in [1.807, 2.05) is 33.8 Å². The molecular weight excluding hydrogens is 220 g/mol. The molecule has 0 saturated heterocycles. The van der Waals surface area contributed by atoms with Crippen LogP contribution in [0.2, 0.25) is 0 Å². The summed E-state index contributed by atoms with van der Waals surface area (Å²) in [6.45, 7) is 7.95. The highest BCUT2D eigenvalue weighted by molar-refractivity contribution is 7.99. The fraction of sp³-hybridized carbons (Fsp3) is 0.583. The summed E-state index contributed by atoms with van der Waals surface area (Å²) in [7, 11) is 0. The number of thioether (sulfide) groups is 1. The van der Waals surface area contributed by atoms with E-state index in [-0.39, 0.29) is 0 Å². The zero-order valence-corrected chi connectivity index (χ0v) is 11.0. The average molecular weight is 238 g/mol. The molecule has 0 radical (unpaired) electrons. The molecule has 3 nitrogen and oxygen atoms in total. The van der Waals surface area contributed by atoms with E-state index in [9.17, 15) is 5.26 Å². The van der Waals surface area contributed by atoms with E-state index >= 15 is 0 Å². The molecule has 0 bridgehead atoms. The predicted octanol–water partition coefficient (Wildman–Crippen LogP) is 2.96. The zero-order valence-electron chi connectivity index (χ0n) is 10.2. The summed E-state index contributed by atoms with van der Waals surface area (Å²) in [6.07, 6.45) is 1.68. The minimum absolute atomic E-state index is 0.302. The molecule has 16 heavy (non-hydrogen) atoms. The molecule has 1 unspecified atom stereocenters. The maximum atomic E-state index is 9.18. The van der Waals surface area contributed by atoms with E-state index in [0.29, 0.717) is 11.8 Å². The third-order valence-corrected chi connectivity index (χ3v) is 3.64. The van der Waals surface area contributed by atoms with Crippen LogP contribution in [-0.2, 0) is 0 Å². The van der Waals surface area contributed by atoms with Crippen molar-refractivity contribution >= 4 is 11.8 Å². The normalized spacial score (nSPS) is 14.8. The number of furan rings is 1. The smallest absolute Gasteiger partial charge is 0.114 e. The highest BCUT2D eigenvalue weighted by atomic mass is 32.2. The number of hydrogen-bond acceptors (Lipinski definition) is 4. The fourth-order valence-electron chi connectivity index (χ4n) is 1.49. The lowest BCUT2D eigenvalue weighted by Gasteiger charge is -2.25. The second-order valence-electron chi connectivity index (χ2n) is 4.37. The molecule has 0 aliphatic carbocycles. The summed E-state index contributed by atoms with van der Waals surface area (Å²) in [6, 6.07) is 4.57. The third-order valence-electron chi connectivity index (χ3n) is 2.18. The van der Waals surface area contributed by atoms with Gasteiger partial charge in [-0.05, 0) is 33.8 Å². The highest BCUT2D eigenvalue weighted by Crippen LogP contribution is 2.26. The number of aryl methyl sites for hydroxylation is 1. The predicted molar refractivity (Wildman–Crippen MR) is 66.5 cm³/mol. The quantitative estimate of drug-likeness (QED) is 0.801. The van der Waals surface area contributed by atoms with Crippen molar-refractivity contribution in [1.29, 1.82) is 5.26 Å². The van der Waals surface area contributed by atoms with Gasteiger partial charge < -0.3 is 4.42 Å². The van der Waals surface area contributed by atoms with Crippen LogP contribution < -0.4 is 5.32 Å². The van der Waals surface area contributed by atoms with Crippen molar-refractivity contribution in [1.82, 2.24) is 5.32 Å². The third kappa shape index (κ3) is 3.58. The summed E-state index contributed by atoms with van der Waals surface area (Å²) >= 11 is 1.65. The molecule has 1 aromatic heterocycles. The lowest BCUT2D eigenvalue weighted by atomic mass is 10.1. The molecule has 1 rings (SSSR count). The van der Waals surface area contributed by atoms with E-state index in [2.05, 4.69) is 11.4 Å². The van der Waals surface area contributed by atoms with Crippen LogP contribution in [-0.4, -0.2) is 17.3 Å². The maximum absolute atomic E-state index is 9.18. The van der Waals surface area contributed by atoms with E-state index in [4.69, 9.17) is 4.42 Å². The molecule has 1 N–H and O–H groups in total. The molecule has 0 aliphatic heterocycles. The maximum Gasteiger partial charge on any atom is 0.114 e. The summed E-state index contributed by atoms with van der Waals surface area (Å²) in [5, 5.41) is 12.5. The van der Waals surface area contributed by atoms with Gasteiger partial charge in [-0.2, -0.15) is 5.26 Å². The molecule has 0 spiro atoms. The van der Waals surface area contributed by atoms with E-state index in [1.165, 1.54) is 0 Å². The molecule has 0 fully saturated rings. The largest absolute Gasteiger partial charge is 0.468 e. The summed E-state index contributed by atoms with van der Waals surface area (Å²) in [5.41, 5.74) is -0.497. The summed E-state index contributed by atoms with van der Waals surface area (Å²) < 4.78 is 5.22. The Labute approximate surface area is 101 Å². The second kappa shape index (κ2) is 5.42. The van der Waals surface area contributed by atoms with Crippen LogP contribution in [0.1, 0.15) is 26.5 Å². The highest BCUT2D eigenvalue weighted by Gasteiger charge is 2.25.